The minimum Gasteiger partial charge on any atom is -0.368 e. The normalized spacial score (nSPS) is 10.8. The van der Waals surface area contributed by atoms with Gasteiger partial charge in [-0.25, -0.2) is 9.37 Å². The first-order valence-electron chi connectivity index (χ1n) is 5.32. The summed E-state index contributed by atoms with van der Waals surface area (Å²) in [5.74, 6) is 0.175. The lowest BCUT2D eigenvalue weighted by Gasteiger charge is -2.07. The summed E-state index contributed by atoms with van der Waals surface area (Å²) in [7, 11) is 0. The van der Waals surface area contributed by atoms with Crippen molar-refractivity contribution in [1.29, 1.82) is 0 Å². The van der Waals surface area contributed by atoms with Crippen LogP contribution in [0, 0.1) is 5.82 Å². The maximum atomic E-state index is 13.5. The number of nitrogens with zero attached hydrogens (tertiary/aromatic N) is 3. The van der Waals surface area contributed by atoms with E-state index in [0.717, 1.165) is 0 Å². The number of benzene rings is 1. The monoisotopic (exact) mass is 322 g/mol. The second kappa shape index (κ2) is 4.47. The Morgan fingerprint density at radius 1 is 1.32 bits per heavy atom. The molecule has 19 heavy (non-hydrogen) atoms. The van der Waals surface area contributed by atoms with Crippen molar-refractivity contribution in [3.8, 4) is 0 Å². The van der Waals surface area contributed by atoms with Crippen LogP contribution < -0.4 is 11.1 Å². The summed E-state index contributed by atoms with van der Waals surface area (Å²) in [6.07, 6.45) is 1.49. The molecule has 0 bridgehead atoms. The maximum Gasteiger partial charge on any atom is 0.224 e. The van der Waals surface area contributed by atoms with Gasteiger partial charge in [-0.1, -0.05) is 0 Å². The molecule has 6 nitrogen and oxygen atoms in total. The van der Waals surface area contributed by atoms with Crippen LogP contribution in [0.2, 0.25) is 0 Å². The molecule has 0 saturated carbocycles. The van der Waals surface area contributed by atoms with Crippen molar-refractivity contribution in [3.63, 3.8) is 0 Å². The van der Waals surface area contributed by atoms with Gasteiger partial charge in [0.2, 0.25) is 5.95 Å². The van der Waals surface area contributed by atoms with Crippen molar-refractivity contribution in [2.45, 2.75) is 0 Å². The van der Waals surface area contributed by atoms with Crippen molar-refractivity contribution in [2.75, 3.05) is 11.1 Å². The molecule has 0 aliphatic carbocycles. The van der Waals surface area contributed by atoms with Gasteiger partial charge < -0.3 is 16.0 Å². The Labute approximate surface area is 115 Å². The summed E-state index contributed by atoms with van der Waals surface area (Å²) in [6.45, 7) is 0. The van der Waals surface area contributed by atoms with Gasteiger partial charge in [-0.15, -0.1) is 0 Å². The lowest BCUT2D eigenvalue weighted by Crippen LogP contribution is -2.01. The number of rotatable bonds is 2. The third-order valence-corrected chi connectivity index (χ3v) is 3.13. The highest BCUT2D eigenvalue weighted by molar-refractivity contribution is 9.10. The highest BCUT2D eigenvalue weighted by Gasteiger charge is 2.09. The summed E-state index contributed by atoms with van der Waals surface area (Å²) in [6, 6.07) is 4.67. The average Bonchev–Trinajstić information content (AvgIpc) is 2.82. The first kappa shape index (κ1) is 11.8. The highest BCUT2D eigenvalue weighted by Crippen LogP contribution is 2.24. The van der Waals surface area contributed by atoms with Crippen LogP contribution in [0.4, 0.5) is 21.8 Å². The second-order valence-electron chi connectivity index (χ2n) is 3.79. The molecule has 1 aromatic carbocycles. The summed E-state index contributed by atoms with van der Waals surface area (Å²) in [5, 5.41) is 2.98. The molecule has 0 fully saturated rings. The molecule has 0 atom stereocenters. The number of hydrogen-bond acceptors (Lipinski definition) is 5. The Bertz CT molecular complexity index is 756. The quantitative estimate of drug-likeness (QED) is 0.674. The van der Waals surface area contributed by atoms with E-state index >= 15 is 0 Å². The van der Waals surface area contributed by atoms with Crippen molar-refractivity contribution < 1.29 is 4.39 Å². The Morgan fingerprint density at radius 2 is 2.16 bits per heavy atom. The molecule has 0 unspecified atom stereocenters. The maximum absolute atomic E-state index is 13.5. The predicted molar refractivity (Wildman–Crippen MR) is 73.5 cm³/mol. The molecular formula is C11H8BrFN6. The molecule has 0 radical (unpaired) electrons. The zero-order valence-corrected chi connectivity index (χ0v) is 11.1. The molecule has 0 aliphatic heterocycles. The van der Waals surface area contributed by atoms with Crippen molar-refractivity contribution in [3.05, 3.63) is 34.8 Å². The summed E-state index contributed by atoms with van der Waals surface area (Å²) < 4.78 is 13.8. The number of H-pyrrole nitrogens is 1. The Hall–Kier alpha value is -2.22. The number of anilines is 3. The van der Waals surface area contributed by atoms with E-state index in [1.165, 1.54) is 12.4 Å². The Kier molecular flexibility index (Phi) is 2.79. The molecule has 4 N–H and O–H groups in total. The van der Waals surface area contributed by atoms with E-state index in [2.05, 4.69) is 41.2 Å². The van der Waals surface area contributed by atoms with Crippen molar-refractivity contribution in [1.82, 2.24) is 19.9 Å². The Balaban J connectivity index is 2.04. The number of nitrogen functional groups attached to an aromatic ring is 1. The zero-order chi connectivity index (χ0) is 13.4. The third kappa shape index (κ3) is 2.22. The molecule has 2 heterocycles. The third-order valence-electron chi connectivity index (χ3n) is 2.49. The van der Waals surface area contributed by atoms with Crippen LogP contribution in [0.5, 0.6) is 0 Å². The van der Waals surface area contributed by atoms with E-state index < -0.39 is 0 Å². The van der Waals surface area contributed by atoms with Gasteiger partial charge in [0, 0.05) is 5.69 Å². The molecule has 0 aliphatic rings. The van der Waals surface area contributed by atoms with Crippen molar-refractivity contribution in [2.24, 2.45) is 0 Å². The van der Waals surface area contributed by atoms with E-state index in [-0.39, 0.29) is 11.8 Å². The fourth-order valence-corrected chi connectivity index (χ4v) is 1.90. The summed E-state index contributed by atoms with van der Waals surface area (Å²) in [5.41, 5.74) is 7.20. The minimum absolute atomic E-state index is 0.0969. The van der Waals surface area contributed by atoms with E-state index in [0.29, 0.717) is 27.1 Å². The van der Waals surface area contributed by atoms with E-state index in [4.69, 9.17) is 5.73 Å². The van der Waals surface area contributed by atoms with Gasteiger partial charge in [-0.3, -0.25) is 0 Å². The van der Waals surface area contributed by atoms with Gasteiger partial charge in [0.25, 0.3) is 0 Å². The van der Waals surface area contributed by atoms with Gasteiger partial charge in [0.05, 0.1) is 10.8 Å². The molecule has 0 saturated heterocycles. The van der Waals surface area contributed by atoms with E-state index in [1.807, 2.05) is 0 Å². The standard InChI is InChI=1S/C11H8BrFN6/c12-6-2-1-5(3-7(6)13)17-10-8-9(16-4-15-8)18-11(14)19-10/h1-4H,(H4,14,15,16,17,18,19). The number of fused-ring (bicyclic) bond motifs is 1. The molecule has 0 spiro atoms. The van der Waals surface area contributed by atoms with Gasteiger partial charge in [0.1, 0.15) is 11.3 Å². The molecule has 3 rings (SSSR count). The summed E-state index contributed by atoms with van der Waals surface area (Å²) in [4.78, 5) is 15.0. The molecule has 3 aromatic rings. The fourth-order valence-electron chi connectivity index (χ4n) is 1.65. The number of aromatic nitrogens is 4. The number of halogens is 2. The van der Waals surface area contributed by atoms with Crippen LogP contribution in [-0.4, -0.2) is 19.9 Å². The number of imidazole rings is 1. The van der Waals surface area contributed by atoms with Gasteiger partial charge in [-0.05, 0) is 34.1 Å². The zero-order valence-electron chi connectivity index (χ0n) is 9.48. The van der Waals surface area contributed by atoms with Gasteiger partial charge >= 0.3 is 0 Å². The lowest BCUT2D eigenvalue weighted by molar-refractivity contribution is 0.622. The minimum atomic E-state index is -0.368. The predicted octanol–water partition coefficient (Wildman–Crippen LogP) is 2.58. The van der Waals surface area contributed by atoms with Gasteiger partial charge in [-0.2, -0.15) is 9.97 Å². The molecule has 0 amide bonds. The number of nitrogens with two attached hydrogens (primary N) is 1. The second-order valence-corrected chi connectivity index (χ2v) is 4.64. The number of aromatic amines is 1. The molecular weight excluding hydrogens is 315 g/mol. The topological polar surface area (TPSA) is 92.5 Å². The van der Waals surface area contributed by atoms with Crippen molar-refractivity contribution >= 4 is 44.5 Å². The SMILES string of the molecule is Nc1nc(Nc2ccc(Br)c(F)c2)c2[nH]cnc2n1. The van der Waals surface area contributed by atoms with Crippen LogP contribution in [-0.2, 0) is 0 Å². The van der Waals surface area contributed by atoms with Crippen LogP contribution in [0.1, 0.15) is 0 Å². The molecule has 2 aromatic heterocycles. The number of hydrogen-bond donors (Lipinski definition) is 3. The average molecular weight is 323 g/mol. The van der Waals surface area contributed by atoms with Crippen LogP contribution in [0.25, 0.3) is 11.2 Å². The summed E-state index contributed by atoms with van der Waals surface area (Å²) >= 11 is 3.10. The van der Waals surface area contributed by atoms with Crippen LogP contribution in [0.15, 0.2) is 29.0 Å². The first-order valence-corrected chi connectivity index (χ1v) is 6.11. The number of nitrogens with one attached hydrogen (secondary N) is 2. The van der Waals surface area contributed by atoms with E-state index in [9.17, 15) is 4.39 Å². The molecule has 8 heteroatoms. The lowest BCUT2D eigenvalue weighted by atomic mass is 10.3. The Morgan fingerprint density at radius 3 is 2.95 bits per heavy atom. The van der Waals surface area contributed by atoms with E-state index in [1.54, 1.807) is 12.1 Å². The van der Waals surface area contributed by atoms with Crippen LogP contribution >= 0.6 is 15.9 Å². The first-order chi connectivity index (χ1) is 9.13. The largest absolute Gasteiger partial charge is 0.368 e. The smallest absolute Gasteiger partial charge is 0.224 e. The van der Waals surface area contributed by atoms with Gasteiger partial charge in [0.15, 0.2) is 11.5 Å². The highest BCUT2D eigenvalue weighted by atomic mass is 79.9. The molecule has 96 valence electrons. The van der Waals surface area contributed by atoms with Crippen LogP contribution in [0.3, 0.4) is 0 Å². The fraction of sp³-hybridized carbons (Fsp3) is 0.